The topological polar surface area (TPSA) is 26.3 Å². The van der Waals surface area contributed by atoms with Crippen LogP contribution in [0.15, 0.2) is 24.3 Å². The van der Waals surface area contributed by atoms with Crippen molar-refractivity contribution < 1.29 is 13.9 Å². The second-order valence-corrected chi connectivity index (χ2v) is 4.41. The van der Waals surface area contributed by atoms with E-state index >= 15 is 0 Å². The van der Waals surface area contributed by atoms with E-state index in [1.54, 1.807) is 6.07 Å². The molecule has 0 aliphatic carbocycles. The molecule has 0 heterocycles. The molecule has 0 spiro atoms. The molecular formula is C15H21FO2. The highest BCUT2D eigenvalue weighted by Gasteiger charge is 2.07. The Balaban J connectivity index is 2.14. The van der Waals surface area contributed by atoms with Crippen molar-refractivity contribution in [3.05, 3.63) is 35.6 Å². The van der Waals surface area contributed by atoms with Crippen LogP contribution >= 0.6 is 0 Å². The Morgan fingerprint density at radius 3 is 2.61 bits per heavy atom. The fourth-order valence-electron chi connectivity index (χ4n) is 1.75. The molecule has 0 N–H and O–H groups in total. The lowest BCUT2D eigenvalue weighted by Crippen LogP contribution is -2.06. The van der Waals surface area contributed by atoms with Gasteiger partial charge in [0.1, 0.15) is 5.82 Å². The minimum atomic E-state index is -0.442. The molecule has 0 fully saturated rings. The molecule has 3 heteroatoms. The van der Waals surface area contributed by atoms with E-state index in [9.17, 15) is 9.18 Å². The van der Waals surface area contributed by atoms with Gasteiger partial charge in [-0.25, -0.2) is 9.18 Å². The van der Waals surface area contributed by atoms with E-state index < -0.39 is 11.8 Å². The highest BCUT2D eigenvalue weighted by atomic mass is 19.1. The van der Waals surface area contributed by atoms with Crippen LogP contribution < -0.4 is 0 Å². The van der Waals surface area contributed by atoms with Crippen molar-refractivity contribution in [3.63, 3.8) is 0 Å². The number of halogens is 1. The minimum Gasteiger partial charge on any atom is -0.462 e. The smallest absolute Gasteiger partial charge is 0.338 e. The summed E-state index contributed by atoms with van der Waals surface area (Å²) < 4.78 is 18.0. The number of rotatable bonds is 8. The number of ether oxygens (including phenoxy) is 1. The summed E-state index contributed by atoms with van der Waals surface area (Å²) in [5.74, 6) is -0.855. The second-order valence-electron chi connectivity index (χ2n) is 4.41. The van der Waals surface area contributed by atoms with Gasteiger partial charge in [0, 0.05) is 0 Å². The number of carbonyl (C=O) groups is 1. The molecule has 0 unspecified atom stereocenters. The van der Waals surface area contributed by atoms with Crippen molar-refractivity contribution in [2.24, 2.45) is 0 Å². The Hall–Kier alpha value is -1.38. The highest BCUT2D eigenvalue weighted by molar-refractivity contribution is 5.89. The molecule has 1 rings (SSSR count). The van der Waals surface area contributed by atoms with Crippen LogP contribution in [-0.4, -0.2) is 12.6 Å². The summed E-state index contributed by atoms with van der Waals surface area (Å²) in [5.41, 5.74) is 0.279. The number of hydrogen-bond acceptors (Lipinski definition) is 2. The molecule has 0 saturated carbocycles. The van der Waals surface area contributed by atoms with E-state index in [0.29, 0.717) is 6.61 Å². The van der Waals surface area contributed by atoms with Gasteiger partial charge in [0.2, 0.25) is 0 Å². The summed E-state index contributed by atoms with van der Waals surface area (Å²) >= 11 is 0. The number of benzene rings is 1. The maximum Gasteiger partial charge on any atom is 0.338 e. The number of hydrogen-bond donors (Lipinski definition) is 0. The average molecular weight is 252 g/mol. The Morgan fingerprint density at radius 2 is 1.89 bits per heavy atom. The van der Waals surface area contributed by atoms with Crippen LogP contribution in [0.2, 0.25) is 0 Å². The van der Waals surface area contributed by atoms with Crippen LogP contribution in [0.5, 0.6) is 0 Å². The van der Waals surface area contributed by atoms with Gasteiger partial charge in [-0.15, -0.1) is 0 Å². The van der Waals surface area contributed by atoms with Crippen molar-refractivity contribution in [1.29, 1.82) is 0 Å². The van der Waals surface area contributed by atoms with Crippen LogP contribution in [0.4, 0.5) is 4.39 Å². The monoisotopic (exact) mass is 252 g/mol. The van der Waals surface area contributed by atoms with Crippen molar-refractivity contribution in [2.45, 2.75) is 45.4 Å². The van der Waals surface area contributed by atoms with Crippen LogP contribution in [0.1, 0.15) is 55.8 Å². The summed E-state index contributed by atoms with van der Waals surface area (Å²) in [6.45, 7) is 2.60. The highest BCUT2D eigenvalue weighted by Crippen LogP contribution is 2.08. The molecule has 1 aromatic rings. The first kappa shape index (κ1) is 14.7. The fourth-order valence-corrected chi connectivity index (χ4v) is 1.75. The second kappa shape index (κ2) is 8.67. The number of carbonyl (C=O) groups excluding carboxylic acids is 1. The number of unbranched alkanes of at least 4 members (excludes halogenated alkanes) is 5. The zero-order valence-corrected chi connectivity index (χ0v) is 11.0. The molecule has 2 nitrogen and oxygen atoms in total. The molecule has 0 atom stereocenters. The molecule has 1 aromatic carbocycles. The van der Waals surface area contributed by atoms with Crippen LogP contribution in [0, 0.1) is 5.82 Å². The van der Waals surface area contributed by atoms with E-state index in [-0.39, 0.29) is 5.56 Å². The van der Waals surface area contributed by atoms with Crippen LogP contribution in [-0.2, 0) is 4.74 Å². The van der Waals surface area contributed by atoms with E-state index in [1.807, 2.05) is 0 Å². The summed E-state index contributed by atoms with van der Waals surface area (Å²) in [5, 5.41) is 0. The summed E-state index contributed by atoms with van der Waals surface area (Å²) in [6.07, 6.45) is 6.89. The summed E-state index contributed by atoms with van der Waals surface area (Å²) in [6, 6.07) is 5.58. The van der Waals surface area contributed by atoms with E-state index in [1.165, 1.54) is 43.9 Å². The molecule has 0 aliphatic rings. The predicted molar refractivity (Wildman–Crippen MR) is 70.1 cm³/mol. The third kappa shape index (κ3) is 5.80. The van der Waals surface area contributed by atoms with E-state index in [2.05, 4.69) is 6.92 Å². The third-order valence-corrected chi connectivity index (χ3v) is 2.79. The molecule has 100 valence electrons. The predicted octanol–water partition coefficient (Wildman–Crippen LogP) is 4.34. The Bertz CT molecular complexity index is 363. The van der Waals surface area contributed by atoms with Gasteiger partial charge in [0.05, 0.1) is 12.2 Å². The zero-order valence-electron chi connectivity index (χ0n) is 11.0. The van der Waals surface area contributed by atoms with Gasteiger partial charge in [0.15, 0.2) is 0 Å². The molecular weight excluding hydrogens is 231 g/mol. The first-order valence-corrected chi connectivity index (χ1v) is 6.66. The maximum atomic E-state index is 12.9. The molecule has 18 heavy (non-hydrogen) atoms. The van der Waals surface area contributed by atoms with Gasteiger partial charge in [-0.1, -0.05) is 45.1 Å². The normalized spacial score (nSPS) is 10.3. The Kier molecular flexibility index (Phi) is 7.07. The lowest BCUT2D eigenvalue weighted by atomic mass is 10.1. The van der Waals surface area contributed by atoms with Crippen molar-refractivity contribution in [3.8, 4) is 0 Å². The quantitative estimate of drug-likeness (QED) is 0.508. The number of esters is 1. The molecule has 0 radical (unpaired) electrons. The summed E-state index contributed by atoms with van der Waals surface area (Å²) in [4.78, 5) is 11.5. The van der Waals surface area contributed by atoms with Crippen molar-refractivity contribution in [2.75, 3.05) is 6.61 Å². The van der Waals surface area contributed by atoms with Gasteiger partial charge >= 0.3 is 5.97 Å². The molecule has 0 aromatic heterocycles. The van der Waals surface area contributed by atoms with Gasteiger partial charge in [-0.2, -0.15) is 0 Å². The van der Waals surface area contributed by atoms with Gasteiger partial charge in [0.25, 0.3) is 0 Å². The average Bonchev–Trinajstić information content (AvgIpc) is 2.37. The lowest BCUT2D eigenvalue weighted by Gasteiger charge is -2.04. The van der Waals surface area contributed by atoms with Crippen LogP contribution in [0.25, 0.3) is 0 Å². The zero-order chi connectivity index (χ0) is 13.2. The first-order valence-electron chi connectivity index (χ1n) is 6.66. The van der Waals surface area contributed by atoms with Gasteiger partial charge in [-0.3, -0.25) is 0 Å². The van der Waals surface area contributed by atoms with Crippen molar-refractivity contribution >= 4 is 5.97 Å². The third-order valence-electron chi connectivity index (χ3n) is 2.79. The largest absolute Gasteiger partial charge is 0.462 e. The van der Waals surface area contributed by atoms with Gasteiger partial charge < -0.3 is 4.74 Å². The Morgan fingerprint density at radius 1 is 1.17 bits per heavy atom. The molecule has 0 amide bonds. The van der Waals surface area contributed by atoms with E-state index in [0.717, 1.165) is 12.8 Å². The summed E-state index contributed by atoms with van der Waals surface area (Å²) in [7, 11) is 0. The molecule has 0 bridgehead atoms. The standard InChI is InChI=1S/C15H21FO2/c1-2-3-4-5-6-7-11-18-15(17)13-9-8-10-14(16)12-13/h8-10,12H,2-7,11H2,1H3. The lowest BCUT2D eigenvalue weighted by molar-refractivity contribution is 0.0497. The SMILES string of the molecule is CCCCCCCCOC(=O)c1cccc(F)c1. The maximum absolute atomic E-state index is 12.9. The fraction of sp³-hybridized carbons (Fsp3) is 0.533. The first-order chi connectivity index (χ1) is 8.74. The van der Waals surface area contributed by atoms with E-state index in [4.69, 9.17) is 4.74 Å². The van der Waals surface area contributed by atoms with Gasteiger partial charge in [-0.05, 0) is 24.6 Å². The van der Waals surface area contributed by atoms with Crippen LogP contribution in [0.3, 0.4) is 0 Å². The van der Waals surface area contributed by atoms with Crippen molar-refractivity contribution in [1.82, 2.24) is 0 Å². The molecule has 0 aliphatic heterocycles. The molecule has 0 saturated heterocycles. The Labute approximate surface area is 108 Å². The minimum absolute atomic E-state index is 0.279.